The van der Waals surface area contributed by atoms with Crippen molar-refractivity contribution in [1.82, 2.24) is 5.48 Å². The van der Waals surface area contributed by atoms with Gasteiger partial charge in [-0.15, -0.1) is 0 Å². The fraction of sp³-hybridized carbons (Fsp3) is 0.909. The molecule has 1 heterocycles. The van der Waals surface area contributed by atoms with Gasteiger partial charge in [-0.25, -0.2) is 5.48 Å². The summed E-state index contributed by atoms with van der Waals surface area (Å²) in [6.07, 6.45) is 0.0563. The Morgan fingerprint density at radius 3 is 2.44 bits per heavy atom. The van der Waals surface area contributed by atoms with Gasteiger partial charge in [0.1, 0.15) is 0 Å². The van der Waals surface area contributed by atoms with Crippen molar-refractivity contribution in [2.45, 2.75) is 33.0 Å². The Labute approximate surface area is 96.4 Å². The molecule has 94 valence electrons. The Morgan fingerprint density at radius 2 is 1.94 bits per heavy atom. The van der Waals surface area contributed by atoms with Crippen molar-refractivity contribution in [3.8, 4) is 0 Å². The van der Waals surface area contributed by atoms with Gasteiger partial charge in [-0.3, -0.25) is 9.63 Å². The van der Waals surface area contributed by atoms with Crippen LogP contribution in [0.4, 0.5) is 0 Å². The molecule has 16 heavy (non-hydrogen) atoms. The van der Waals surface area contributed by atoms with Crippen LogP contribution in [0.2, 0.25) is 0 Å². The van der Waals surface area contributed by atoms with E-state index >= 15 is 0 Å². The molecule has 1 rings (SSSR count). The summed E-state index contributed by atoms with van der Waals surface area (Å²) in [5.41, 5.74) is 2.44. The van der Waals surface area contributed by atoms with Crippen LogP contribution >= 0.6 is 0 Å². The lowest BCUT2D eigenvalue weighted by atomic mass is 9.89. The zero-order chi connectivity index (χ0) is 12.1. The third-order valence-corrected chi connectivity index (χ3v) is 3.11. The van der Waals surface area contributed by atoms with E-state index < -0.39 is 0 Å². The van der Waals surface area contributed by atoms with E-state index in [1.807, 2.05) is 20.8 Å². The van der Waals surface area contributed by atoms with Gasteiger partial charge < -0.3 is 9.47 Å². The van der Waals surface area contributed by atoms with Gasteiger partial charge in [-0.05, 0) is 19.8 Å². The fourth-order valence-corrected chi connectivity index (χ4v) is 2.03. The van der Waals surface area contributed by atoms with E-state index in [4.69, 9.17) is 14.3 Å². The van der Waals surface area contributed by atoms with Crippen LogP contribution in [0.5, 0.6) is 0 Å². The zero-order valence-electron chi connectivity index (χ0n) is 10.4. The van der Waals surface area contributed by atoms with E-state index in [0.717, 1.165) is 0 Å². The van der Waals surface area contributed by atoms with Crippen LogP contribution in [0.1, 0.15) is 20.8 Å². The molecule has 0 aliphatic carbocycles. The number of amides is 1. The number of rotatable bonds is 5. The molecule has 1 aliphatic heterocycles. The Balaban J connectivity index is 2.35. The van der Waals surface area contributed by atoms with E-state index in [9.17, 15) is 4.79 Å². The molecule has 4 atom stereocenters. The van der Waals surface area contributed by atoms with Gasteiger partial charge in [0, 0.05) is 7.11 Å². The smallest absolute Gasteiger partial charge is 0.249 e. The number of carbonyl (C=O) groups excluding carboxylic acids is 1. The van der Waals surface area contributed by atoms with Gasteiger partial charge >= 0.3 is 0 Å². The Hall–Kier alpha value is -0.650. The van der Waals surface area contributed by atoms with Gasteiger partial charge in [0.05, 0.1) is 31.3 Å². The largest absolute Gasteiger partial charge is 0.382 e. The van der Waals surface area contributed by atoms with Crippen LogP contribution in [-0.4, -0.2) is 38.4 Å². The molecule has 0 aromatic heterocycles. The number of carbonyl (C=O) groups is 1. The molecule has 0 spiro atoms. The lowest BCUT2D eigenvalue weighted by molar-refractivity contribution is -0.141. The lowest BCUT2D eigenvalue weighted by Crippen LogP contribution is -2.37. The van der Waals surface area contributed by atoms with Crippen LogP contribution in [0, 0.1) is 11.8 Å². The van der Waals surface area contributed by atoms with Crippen LogP contribution < -0.4 is 5.48 Å². The molecule has 0 bridgehead atoms. The average Bonchev–Trinajstić information content (AvgIpc) is 2.48. The molecule has 1 fully saturated rings. The molecular formula is C11H21NO4. The fourth-order valence-electron chi connectivity index (χ4n) is 2.03. The van der Waals surface area contributed by atoms with Gasteiger partial charge in [0.2, 0.25) is 5.91 Å². The minimum absolute atomic E-state index is 0.0592. The first kappa shape index (κ1) is 13.4. The quantitative estimate of drug-likeness (QED) is 0.560. The molecule has 0 radical (unpaired) electrons. The van der Waals surface area contributed by atoms with Crippen molar-refractivity contribution in [2.75, 3.05) is 20.3 Å². The zero-order valence-corrected chi connectivity index (χ0v) is 10.4. The van der Waals surface area contributed by atoms with Gasteiger partial charge in [0.15, 0.2) is 0 Å². The van der Waals surface area contributed by atoms with E-state index in [1.54, 1.807) is 7.11 Å². The third-order valence-electron chi connectivity index (χ3n) is 3.11. The molecule has 1 saturated heterocycles. The topological polar surface area (TPSA) is 56.8 Å². The number of methoxy groups -OCH3 is 1. The number of hydroxylamine groups is 1. The molecule has 0 aromatic carbocycles. The summed E-state index contributed by atoms with van der Waals surface area (Å²) in [6.45, 7) is 6.74. The summed E-state index contributed by atoms with van der Waals surface area (Å²) in [7, 11) is 1.59. The van der Waals surface area contributed by atoms with Crippen molar-refractivity contribution >= 4 is 5.91 Å². The number of hydrogen-bond acceptors (Lipinski definition) is 4. The second kappa shape index (κ2) is 6.18. The second-order valence-corrected chi connectivity index (χ2v) is 4.24. The average molecular weight is 231 g/mol. The van der Waals surface area contributed by atoms with Crippen LogP contribution in [0.3, 0.4) is 0 Å². The van der Waals surface area contributed by atoms with Crippen LogP contribution in [0.25, 0.3) is 0 Å². The first-order valence-corrected chi connectivity index (χ1v) is 5.64. The highest BCUT2D eigenvalue weighted by atomic mass is 16.7. The summed E-state index contributed by atoms with van der Waals surface area (Å²) in [4.78, 5) is 16.8. The Kier molecular flexibility index (Phi) is 5.18. The molecule has 5 heteroatoms. The van der Waals surface area contributed by atoms with Crippen molar-refractivity contribution in [1.29, 1.82) is 0 Å². The SMILES string of the molecule is COCCONC(=O)C1C(C)OC(C)C1C. The monoisotopic (exact) mass is 231 g/mol. The number of nitrogens with one attached hydrogen (secondary N) is 1. The molecule has 1 N–H and O–H groups in total. The van der Waals surface area contributed by atoms with Gasteiger partial charge in [-0.2, -0.15) is 0 Å². The highest BCUT2D eigenvalue weighted by Gasteiger charge is 2.41. The summed E-state index contributed by atoms with van der Waals surface area (Å²) >= 11 is 0. The lowest BCUT2D eigenvalue weighted by Gasteiger charge is -2.17. The third kappa shape index (κ3) is 3.17. The molecule has 4 unspecified atom stereocenters. The van der Waals surface area contributed by atoms with Crippen LogP contribution in [-0.2, 0) is 19.1 Å². The molecule has 1 aliphatic rings. The number of hydrogen-bond donors (Lipinski definition) is 1. The predicted molar refractivity (Wildman–Crippen MR) is 58.6 cm³/mol. The van der Waals surface area contributed by atoms with Gasteiger partial charge in [0.25, 0.3) is 0 Å². The number of ether oxygens (including phenoxy) is 2. The van der Waals surface area contributed by atoms with E-state index in [-0.39, 0.29) is 30.0 Å². The minimum Gasteiger partial charge on any atom is -0.382 e. The van der Waals surface area contributed by atoms with E-state index in [2.05, 4.69) is 5.48 Å². The highest BCUT2D eigenvalue weighted by Crippen LogP contribution is 2.32. The van der Waals surface area contributed by atoms with E-state index in [0.29, 0.717) is 13.2 Å². The molecule has 1 amide bonds. The maximum atomic E-state index is 11.8. The summed E-state index contributed by atoms with van der Waals surface area (Å²) < 4.78 is 10.4. The van der Waals surface area contributed by atoms with Gasteiger partial charge in [-0.1, -0.05) is 6.92 Å². The first-order valence-electron chi connectivity index (χ1n) is 5.64. The first-order chi connectivity index (χ1) is 7.57. The minimum atomic E-state index is -0.141. The van der Waals surface area contributed by atoms with Crippen molar-refractivity contribution in [3.63, 3.8) is 0 Å². The Bertz CT molecular complexity index is 234. The van der Waals surface area contributed by atoms with Crippen LogP contribution in [0.15, 0.2) is 0 Å². The highest BCUT2D eigenvalue weighted by molar-refractivity contribution is 5.78. The normalized spacial score (nSPS) is 34.0. The molecule has 0 aromatic rings. The van der Waals surface area contributed by atoms with E-state index in [1.165, 1.54) is 0 Å². The maximum absolute atomic E-state index is 11.8. The predicted octanol–water partition coefficient (Wildman–Crippen LogP) is 0.740. The van der Waals surface area contributed by atoms with Crippen molar-refractivity contribution in [3.05, 3.63) is 0 Å². The summed E-state index contributed by atoms with van der Waals surface area (Å²) in [5.74, 6) is -0.0426. The summed E-state index contributed by atoms with van der Waals surface area (Å²) in [5, 5.41) is 0. The second-order valence-electron chi connectivity index (χ2n) is 4.24. The summed E-state index contributed by atoms with van der Waals surface area (Å²) in [6, 6.07) is 0. The molecule has 5 nitrogen and oxygen atoms in total. The Morgan fingerprint density at radius 1 is 1.25 bits per heavy atom. The molecule has 0 saturated carbocycles. The standard InChI is InChI=1S/C11H21NO4/c1-7-8(2)16-9(3)10(7)11(13)12-15-6-5-14-4/h7-10H,5-6H2,1-4H3,(H,12,13). The maximum Gasteiger partial charge on any atom is 0.249 e. The molecular weight excluding hydrogens is 210 g/mol. The van der Waals surface area contributed by atoms with Crippen molar-refractivity contribution in [2.24, 2.45) is 11.8 Å². The van der Waals surface area contributed by atoms with Crippen molar-refractivity contribution < 1.29 is 19.1 Å².